The summed E-state index contributed by atoms with van der Waals surface area (Å²) in [5.74, 6) is 0. The highest BCUT2D eigenvalue weighted by atomic mass is 16.2. The van der Waals surface area contributed by atoms with Crippen LogP contribution in [0.3, 0.4) is 0 Å². The van der Waals surface area contributed by atoms with E-state index in [-0.39, 0.29) is 12.1 Å². The van der Waals surface area contributed by atoms with Crippen molar-refractivity contribution in [1.29, 1.82) is 0 Å². The molecule has 0 aliphatic rings. The second-order valence-corrected chi connectivity index (χ2v) is 4.21. The fourth-order valence-corrected chi connectivity index (χ4v) is 1.31. The fraction of sp³-hybridized carbons (Fsp3) is 0.462. The van der Waals surface area contributed by atoms with Crippen molar-refractivity contribution in [2.24, 2.45) is 0 Å². The Hall–Kier alpha value is -1.51. The molecule has 0 radical (unpaired) electrons. The lowest BCUT2D eigenvalue weighted by atomic mass is 10.1. The van der Waals surface area contributed by atoms with E-state index in [1.165, 1.54) is 11.1 Å². The molecule has 1 aromatic rings. The molecule has 0 spiro atoms. The molecule has 88 valence electrons. The number of anilines is 1. The first kappa shape index (κ1) is 12.6. The number of hydrogen-bond acceptors (Lipinski definition) is 1. The van der Waals surface area contributed by atoms with E-state index in [9.17, 15) is 4.79 Å². The first-order valence-corrected chi connectivity index (χ1v) is 5.67. The van der Waals surface area contributed by atoms with Crippen LogP contribution in [0.1, 0.15) is 31.4 Å². The Bertz CT molecular complexity index is 374. The van der Waals surface area contributed by atoms with Crippen molar-refractivity contribution in [2.75, 3.05) is 5.32 Å². The monoisotopic (exact) mass is 220 g/mol. The molecule has 0 aromatic heterocycles. The minimum Gasteiger partial charge on any atom is -0.335 e. The van der Waals surface area contributed by atoms with Crippen LogP contribution in [-0.2, 0) is 0 Å². The molecule has 3 nitrogen and oxygen atoms in total. The molecule has 2 N–H and O–H groups in total. The third-order valence-corrected chi connectivity index (χ3v) is 2.75. The normalized spacial score (nSPS) is 12.0. The van der Waals surface area contributed by atoms with E-state index in [4.69, 9.17) is 0 Å². The molecular formula is C13H20N2O. The van der Waals surface area contributed by atoms with Crippen molar-refractivity contribution in [3.8, 4) is 0 Å². The van der Waals surface area contributed by atoms with Crippen LogP contribution in [0.15, 0.2) is 18.2 Å². The van der Waals surface area contributed by atoms with Gasteiger partial charge in [-0.25, -0.2) is 4.79 Å². The minimum absolute atomic E-state index is 0.141. The van der Waals surface area contributed by atoms with Gasteiger partial charge in [0.1, 0.15) is 0 Å². The van der Waals surface area contributed by atoms with Gasteiger partial charge < -0.3 is 10.6 Å². The van der Waals surface area contributed by atoms with Gasteiger partial charge in [0.2, 0.25) is 0 Å². The number of aryl methyl sites for hydroxylation is 2. The third-order valence-electron chi connectivity index (χ3n) is 2.75. The molecule has 1 rings (SSSR count). The smallest absolute Gasteiger partial charge is 0.319 e. The van der Waals surface area contributed by atoms with Crippen LogP contribution in [0, 0.1) is 13.8 Å². The predicted molar refractivity (Wildman–Crippen MR) is 67.8 cm³/mol. The summed E-state index contributed by atoms with van der Waals surface area (Å²) in [5, 5.41) is 5.69. The number of amides is 2. The lowest BCUT2D eigenvalue weighted by Gasteiger charge is -2.13. The molecule has 1 atom stereocenters. The summed E-state index contributed by atoms with van der Waals surface area (Å²) in [5.41, 5.74) is 3.25. The van der Waals surface area contributed by atoms with Gasteiger partial charge in [0.15, 0.2) is 0 Å². The Morgan fingerprint density at radius 1 is 1.31 bits per heavy atom. The molecule has 1 aromatic carbocycles. The quantitative estimate of drug-likeness (QED) is 0.806. The summed E-state index contributed by atoms with van der Waals surface area (Å²) >= 11 is 0. The number of rotatable bonds is 3. The molecule has 0 bridgehead atoms. The number of benzene rings is 1. The Morgan fingerprint density at radius 2 is 2.00 bits per heavy atom. The zero-order valence-corrected chi connectivity index (χ0v) is 10.4. The standard InChI is InChI=1S/C13H20N2O/c1-5-11(4)14-13(16)15-12-7-6-9(2)10(3)8-12/h6-8,11H,5H2,1-4H3,(H2,14,15,16). The van der Waals surface area contributed by atoms with Crippen molar-refractivity contribution in [1.82, 2.24) is 5.32 Å². The van der Waals surface area contributed by atoms with Crippen molar-refractivity contribution in [3.63, 3.8) is 0 Å². The van der Waals surface area contributed by atoms with Crippen LogP contribution in [0.5, 0.6) is 0 Å². The molecule has 0 aliphatic heterocycles. The van der Waals surface area contributed by atoms with E-state index in [2.05, 4.69) is 17.6 Å². The van der Waals surface area contributed by atoms with Crippen molar-refractivity contribution in [3.05, 3.63) is 29.3 Å². The van der Waals surface area contributed by atoms with Gasteiger partial charge in [0, 0.05) is 11.7 Å². The Kier molecular flexibility index (Phi) is 4.35. The molecule has 2 amide bonds. The van der Waals surface area contributed by atoms with Gasteiger partial charge in [-0.05, 0) is 50.5 Å². The highest BCUT2D eigenvalue weighted by Crippen LogP contribution is 2.13. The molecule has 1 unspecified atom stereocenters. The second-order valence-electron chi connectivity index (χ2n) is 4.21. The van der Waals surface area contributed by atoms with Crippen LogP contribution in [-0.4, -0.2) is 12.1 Å². The van der Waals surface area contributed by atoms with Crippen molar-refractivity contribution in [2.45, 2.75) is 40.2 Å². The predicted octanol–water partition coefficient (Wildman–Crippen LogP) is 3.22. The minimum atomic E-state index is -0.141. The molecule has 0 aliphatic carbocycles. The molecule has 0 saturated carbocycles. The van der Waals surface area contributed by atoms with E-state index in [1.807, 2.05) is 39.0 Å². The van der Waals surface area contributed by atoms with E-state index < -0.39 is 0 Å². The average molecular weight is 220 g/mol. The topological polar surface area (TPSA) is 41.1 Å². The van der Waals surface area contributed by atoms with Crippen LogP contribution in [0.25, 0.3) is 0 Å². The highest BCUT2D eigenvalue weighted by Gasteiger charge is 2.05. The first-order chi connectivity index (χ1) is 7.52. The number of carbonyl (C=O) groups is 1. The summed E-state index contributed by atoms with van der Waals surface area (Å²) in [7, 11) is 0. The van der Waals surface area contributed by atoms with E-state index in [0.717, 1.165) is 12.1 Å². The zero-order valence-electron chi connectivity index (χ0n) is 10.4. The van der Waals surface area contributed by atoms with Crippen molar-refractivity contribution >= 4 is 11.7 Å². The molecule has 16 heavy (non-hydrogen) atoms. The summed E-state index contributed by atoms with van der Waals surface area (Å²) in [6.45, 7) is 8.12. The molecule has 0 fully saturated rings. The number of hydrogen-bond donors (Lipinski definition) is 2. The van der Waals surface area contributed by atoms with Crippen LogP contribution >= 0.6 is 0 Å². The van der Waals surface area contributed by atoms with Gasteiger partial charge in [-0.2, -0.15) is 0 Å². The molecule has 3 heteroatoms. The average Bonchev–Trinajstić information content (AvgIpc) is 2.23. The van der Waals surface area contributed by atoms with Crippen LogP contribution in [0.4, 0.5) is 10.5 Å². The highest BCUT2D eigenvalue weighted by molar-refractivity contribution is 5.89. The SMILES string of the molecule is CCC(C)NC(=O)Nc1ccc(C)c(C)c1. The van der Waals surface area contributed by atoms with Gasteiger partial charge >= 0.3 is 6.03 Å². The summed E-state index contributed by atoms with van der Waals surface area (Å²) in [4.78, 5) is 11.6. The molecular weight excluding hydrogens is 200 g/mol. The number of carbonyl (C=O) groups excluding carboxylic acids is 1. The van der Waals surface area contributed by atoms with Crippen LogP contribution in [0.2, 0.25) is 0 Å². The van der Waals surface area contributed by atoms with E-state index in [0.29, 0.717) is 0 Å². The van der Waals surface area contributed by atoms with E-state index in [1.54, 1.807) is 0 Å². The maximum atomic E-state index is 11.6. The molecule has 0 saturated heterocycles. The van der Waals surface area contributed by atoms with Gasteiger partial charge in [-0.3, -0.25) is 0 Å². The van der Waals surface area contributed by atoms with Crippen LogP contribution < -0.4 is 10.6 Å². The Labute approximate surface area is 97.2 Å². The Morgan fingerprint density at radius 3 is 2.56 bits per heavy atom. The first-order valence-electron chi connectivity index (χ1n) is 5.67. The summed E-state index contributed by atoms with van der Waals surface area (Å²) < 4.78 is 0. The Balaban J connectivity index is 2.59. The van der Waals surface area contributed by atoms with Gasteiger partial charge in [0.05, 0.1) is 0 Å². The lowest BCUT2D eigenvalue weighted by Crippen LogP contribution is -2.35. The lowest BCUT2D eigenvalue weighted by molar-refractivity contribution is 0.249. The fourth-order valence-electron chi connectivity index (χ4n) is 1.31. The number of nitrogens with one attached hydrogen (secondary N) is 2. The van der Waals surface area contributed by atoms with Gasteiger partial charge in [-0.1, -0.05) is 13.0 Å². The summed E-state index contributed by atoms with van der Waals surface area (Å²) in [6.07, 6.45) is 0.931. The summed E-state index contributed by atoms with van der Waals surface area (Å²) in [6, 6.07) is 5.96. The maximum Gasteiger partial charge on any atom is 0.319 e. The third kappa shape index (κ3) is 3.57. The van der Waals surface area contributed by atoms with E-state index >= 15 is 0 Å². The van der Waals surface area contributed by atoms with Gasteiger partial charge in [-0.15, -0.1) is 0 Å². The van der Waals surface area contributed by atoms with Crippen molar-refractivity contribution < 1.29 is 4.79 Å². The van der Waals surface area contributed by atoms with Gasteiger partial charge in [0.25, 0.3) is 0 Å². The zero-order chi connectivity index (χ0) is 12.1. The largest absolute Gasteiger partial charge is 0.335 e. The molecule has 0 heterocycles. The maximum absolute atomic E-state index is 11.6. The second kappa shape index (κ2) is 5.54. The number of urea groups is 1.